The van der Waals surface area contributed by atoms with Gasteiger partial charge < -0.3 is 14.6 Å². The number of aliphatic hydroxyl groups is 1. The molecule has 2 rings (SSSR count). The Hall–Kier alpha value is -1.50. The zero-order chi connectivity index (χ0) is 13.3. The Kier molecular flexibility index (Phi) is 5.74. The summed E-state index contributed by atoms with van der Waals surface area (Å²) in [6.07, 6.45) is 3.94. The highest BCUT2D eigenvalue weighted by molar-refractivity contribution is 5.39. The molecule has 19 heavy (non-hydrogen) atoms. The predicted octanol–water partition coefficient (Wildman–Crippen LogP) is 2.23. The first kappa shape index (κ1) is 13.9. The zero-order valence-electron chi connectivity index (χ0n) is 11.1. The SMILES string of the molecule is OCC#Cc1cccc(OCCOCCC2CC2)c1. The Morgan fingerprint density at radius 3 is 2.89 bits per heavy atom. The van der Waals surface area contributed by atoms with Gasteiger partial charge in [-0.2, -0.15) is 0 Å². The fourth-order valence-corrected chi connectivity index (χ4v) is 1.78. The van der Waals surface area contributed by atoms with E-state index in [1.54, 1.807) is 0 Å². The molecule has 0 atom stereocenters. The lowest BCUT2D eigenvalue weighted by Crippen LogP contribution is -2.07. The number of ether oxygens (including phenoxy) is 2. The largest absolute Gasteiger partial charge is 0.491 e. The number of benzene rings is 1. The summed E-state index contributed by atoms with van der Waals surface area (Å²) in [5, 5.41) is 8.64. The Bertz CT molecular complexity index is 441. The molecular weight excluding hydrogens is 240 g/mol. The Labute approximate surface area is 114 Å². The number of aliphatic hydroxyl groups excluding tert-OH is 1. The number of hydrogen-bond acceptors (Lipinski definition) is 3. The van der Waals surface area contributed by atoms with Crippen LogP contribution >= 0.6 is 0 Å². The van der Waals surface area contributed by atoms with Gasteiger partial charge in [0.1, 0.15) is 19.0 Å². The summed E-state index contributed by atoms with van der Waals surface area (Å²) in [4.78, 5) is 0. The first-order valence-electron chi connectivity index (χ1n) is 6.79. The van der Waals surface area contributed by atoms with E-state index in [0.29, 0.717) is 13.2 Å². The third-order valence-corrected chi connectivity index (χ3v) is 3.01. The van der Waals surface area contributed by atoms with Gasteiger partial charge in [0.2, 0.25) is 0 Å². The van der Waals surface area contributed by atoms with Gasteiger partial charge in [-0.15, -0.1) is 0 Å². The molecule has 1 aromatic carbocycles. The lowest BCUT2D eigenvalue weighted by atomic mass is 10.2. The first-order chi connectivity index (χ1) is 9.38. The van der Waals surface area contributed by atoms with Crippen LogP contribution < -0.4 is 4.74 Å². The van der Waals surface area contributed by atoms with Crippen molar-refractivity contribution in [2.45, 2.75) is 19.3 Å². The molecule has 3 heteroatoms. The van der Waals surface area contributed by atoms with Crippen LogP contribution in [0.3, 0.4) is 0 Å². The fraction of sp³-hybridized carbons (Fsp3) is 0.500. The normalized spacial score (nSPS) is 13.7. The van der Waals surface area contributed by atoms with E-state index in [4.69, 9.17) is 14.6 Å². The van der Waals surface area contributed by atoms with Crippen molar-refractivity contribution < 1.29 is 14.6 Å². The molecule has 1 fully saturated rings. The maximum Gasteiger partial charge on any atom is 0.120 e. The molecular formula is C16H20O3. The topological polar surface area (TPSA) is 38.7 Å². The molecule has 0 bridgehead atoms. The molecule has 0 heterocycles. The average Bonchev–Trinajstić information content (AvgIpc) is 3.25. The summed E-state index contributed by atoms with van der Waals surface area (Å²) in [6, 6.07) is 7.55. The summed E-state index contributed by atoms with van der Waals surface area (Å²) in [5.74, 6) is 7.18. The molecule has 102 valence electrons. The highest BCUT2D eigenvalue weighted by atomic mass is 16.5. The predicted molar refractivity (Wildman–Crippen MR) is 74.1 cm³/mol. The van der Waals surface area contributed by atoms with Gasteiger partial charge in [0.05, 0.1) is 6.61 Å². The second-order valence-electron chi connectivity index (χ2n) is 4.68. The van der Waals surface area contributed by atoms with E-state index in [0.717, 1.165) is 23.8 Å². The van der Waals surface area contributed by atoms with Crippen molar-refractivity contribution >= 4 is 0 Å². The molecule has 1 saturated carbocycles. The second-order valence-corrected chi connectivity index (χ2v) is 4.68. The molecule has 0 saturated heterocycles. The summed E-state index contributed by atoms with van der Waals surface area (Å²) >= 11 is 0. The lowest BCUT2D eigenvalue weighted by molar-refractivity contribution is 0.0958. The van der Waals surface area contributed by atoms with Gasteiger partial charge in [0, 0.05) is 12.2 Å². The van der Waals surface area contributed by atoms with Gasteiger partial charge in [0.15, 0.2) is 0 Å². The highest BCUT2D eigenvalue weighted by Crippen LogP contribution is 2.32. The van der Waals surface area contributed by atoms with Crippen molar-refractivity contribution in [2.75, 3.05) is 26.4 Å². The van der Waals surface area contributed by atoms with Crippen LogP contribution in [0.2, 0.25) is 0 Å². The molecule has 1 aromatic rings. The molecule has 3 nitrogen and oxygen atoms in total. The molecule has 0 unspecified atom stereocenters. The van der Waals surface area contributed by atoms with Crippen molar-refractivity contribution in [1.82, 2.24) is 0 Å². The lowest BCUT2D eigenvalue weighted by Gasteiger charge is -2.07. The van der Waals surface area contributed by atoms with Gasteiger partial charge >= 0.3 is 0 Å². The molecule has 0 amide bonds. The van der Waals surface area contributed by atoms with E-state index in [-0.39, 0.29) is 6.61 Å². The molecule has 1 N–H and O–H groups in total. The van der Waals surface area contributed by atoms with E-state index < -0.39 is 0 Å². The Morgan fingerprint density at radius 2 is 2.11 bits per heavy atom. The van der Waals surface area contributed by atoms with Crippen molar-refractivity contribution in [1.29, 1.82) is 0 Å². The van der Waals surface area contributed by atoms with Crippen LogP contribution in [0.5, 0.6) is 5.75 Å². The minimum Gasteiger partial charge on any atom is -0.491 e. The van der Waals surface area contributed by atoms with Crippen LogP contribution in [-0.4, -0.2) is 31.5 Å². The van der Waals surface area contributed by atoms with E-state index in [2.05, 4.69) is 11.8 Å². The highest BCUT2D eigenvalue weighted by Gasteiger charge is 2.20. The summed E-state index contributed by atoms with van der Waals surface area (Å²) in [7, 11) is 0. The van der Waals surface area contributed by atoms with Crippen LogP contribution in [0.25, 0.3) is 0 Å². The monoisotopic (exact) mass is 260 g/mol. The minimum atomic E-state index is -0.125. The third kappa shape index (κ3) is 5.78. The fourth-order valence-electron chi connectivity index (χ4n) is 1.78. The second kappa shape index (κ2) is 7.83. The van der Waals surface area contributed by atoms with Crippen LogP contribution in [0, 0.1) is 17.8 Å². The van der Waals surface area contributed by atoms with E-state index in [1.165, 1.54) is 19.3 Å². The molecule has 1 aliphatic rings. The van der Waals surface area contributed by atoms with Crippen molar-refractivity contribution in [2.24, 2.45) is 5.92 Å². The molecule has 0 radical (unpaired) electrons. The van der Waals surface area contributed by atoms with E-state index in [1.807, 2.05) is 24.3 Å². The maximum absolute atomic E-state index is 8.64. The average molecular weight is 260 g/mol. The van der Waals surface area contributed by atoms with Crippen LogP contribution in [0.1, 0.15) is 24.8 Å². The quantitative estimate of drug-likeness (QED) is 0.603. The molecule has 1 aliphatic carbocycles. The molecule has 0 aromatic heterocycles. The standard InChI is InChI=1S/C16H20O3/c17-9-2-4-15-3-1-5-16(13-15)19-12-11-18-10-8-14-6-7-14/h1,3,5,13-14,17H,6-12H2. The number of rotatable bonds is 7. The minimum absolute atomic E-state index is 0.125. The Morgan fingerprint density at radius 1 is 1.21 bits per heavy atom. The van der Waals surface area contributed by atoms with Gasteiger partial charge in [-0.25, -0.2) is 0 Å². The van der Waals surface area contributed by atoms with Gasteiger partial charge in [-0.1, -0.05) is 30.7 Å². The third-order valence-electron chi connectivity index (χ3n) is 3.01. The van der Waals surface area contributed by atoms with Crippen LogP contribution in [-0.2, 0) is 4.74 Å². The number of hydrogen-bond donors (Lipinski definition) is 1. The first-order valence-corrected chi connectivity index (χ1v) is 6.79. The summed E-state index contributed by atoms with van der Waals surface area (Å²) in [5.41, 5.74) is 0.848. The maximum atomic E-state index is 8.64. The van der Waals surface area contributed by atoms with Gasteiger partial charge in [0.25, 0.3) is 0 Å². The molecule has 0 spiro atoms. The van der Waals surface area contributed by atoms with Crippen LogP contribution in [0.4, 0.5) is 0 Å². The zero-order valence-corrected chi connectivity index (χ0v) is 11.1. The van der Waals surface area contributed by atoms with Crippen LogP contribution in [0.15, 0.2) is 24.3 Å². The smallest absolute Gasteiger partial charge is 0.120 e. The van der Waals surface area contributed by atoms with Crippen molar-refractivity contribution in [3.63, 3.8) is 0 Å². The van der Waals surface area contributed by atoms with Gasteiger partial charge in [-0.05, 0) is 30.5 Å². The van der Waals surface area contributed by atoms with E-state index >= 15 is 0 Å². The van der Waals surface area contributed by atoms with Crippen molar-refractivity contribution in [3.05, 3.63) is 29.8 Å². The van der Waals surface area contributed by atoms with Gasteiger partial charge in [-0.3, -0.25) is 0 Å². The summed E-state index contributed by atoms with van der Waals surface area (Å²) in [6.45, 7) is 1.90. The van der Waals surface area contributed by atoms with E-state index in [9.17, 15) is 0 Å². The summed E-state index contributed by atoms with van der Waals surface area (Å²) < 4.78 is 11.1. The van der Waals surface area contributed by atoms with Crippen molar-refractivity contribution in [3.8, 4) is 17.6 Å². The Balaban J connectivity index is 1.63. The molecule has 0 aliphatic heterocycles.